The fourth-order valence-electron chi connectivity index (χ4n) is 1.97. The van der Waals surface area contributed by atoms with Gasteiger partial charge in [0.1, 0.15) is 5.82 Å². The van der Waals surface area contributed by atoms with Crippen molar-refractivity contribution in [2.75, 3.05) is 31.2 Å². The highest BCUT2D eigenvalue weighted by Gasteiger charge is 2.26. The zero-order chi connectivity index (χ0) is 16.0. The Balaban J connectivity index is 2.50. The lowest BCUT2D eigenvalue weighted by Crippen LogP contribution is -2.46. The summed E-state index contributed by atoms with van der Waals surface area (Å²) in [7, 11) is 1.37. The maximum absolute atomic E-state index is 12.9. The third kappa shape index (κ3) is 5.13. The van der Waals surface area contributed by atoms with Gasteiger partial charge in [0, 0.05) is 18.6 Å². The molecule has 0 aliphatic rings. The smallest absolute Gasteiger partial charge is 0.409 e. The van der Waals surface area contributed by atoms with E-state index in [9.17, 15) is 9.18 Å². The number of halogens is 1. The van der Waals surface area contributed by atoms with Crippen molar-refractivity contribution in [3.8, 4) is 0 Å². The summed E-state index contributed by atoms with van der Waals surface area (Å²) in [6, 6.07) is 4.24. The molecule has 0 unspecified atom stereocenters. The van der Waals surface area contributed by atoms with Gasteiger partial charge in [-0.2, -0.15) is 0 Å². The van der Waals surface area contributed by atoms with Crippen LogP contribution in [0.25, 0.3) is 0 Å². The molecule has 0 spiro atoms. The van der Waals surface area contributed by atoms with E-state index in [0.717, 1.165) is 6.42 Å². The second kappa shape index (κ2) is 7.15. The molecule has 3 N–H and O–H groups in total. The summed E-state index contributed by atoms with van der Waals surface area (Å²) in [4.78, 5) is 13.4. The van der Waals surface area contributed by atoms with Crippen molar-refractivity contribution < 1.29 is 13.9 Å². The molecule has 0 saturated heterocycles. The fourth-order valence-corrected chi connectivity index (χ4v) is 1.97. The van der Waals surface area contributed by atoms with Crippen LogP contribution in [-0.2, 0) is 4.74 Å². The number of nitrogens with one attached hydrogen (secondary N) is 1. The summed E-state index contributed by atoms with van der Waals surface area (Å²) in [5, 5.41) is 3.13. The van der Waals surface area contributed by atoms with Gasteiger partial charge in [-0.25, -0.2) is 9.18 Å². The molecule has 118 valence electrons. The number of amides is 1. The molecule has 5 nitrogen and oxygen atoms in total. The number of nitrogens with two attached hydrogens (primary N) is 1. The number of hydrogen-bond donors (Lipinski definition) is 2. The number of anilines is 2. The van der Waals surface area contributed by atoms with E-state index in [1.165, 1.54) is 19.2 Å². The lowest BCUT2D eigenvalue weighted by atomic mass is 10.1. The van der Waals surface area contributed by atoms with Gasteiger partial charge in [-0.05, 0) is 45.4 Å². The number of rotatable bonds is 5. The van der Waals surface area contributed by atoms with E-state index < -0.39 is 0 Å². The average molecular weight is 297 g/mol. The summed E-state index contributed by atoms with van der Waals surface area (Å²) in [5.74, 6) is -0.359. The highest BCUT2D eigenvalue weighted by molar-refractivity contribution is 5.68. The number of carbonyl (C=O) groups is 1. The molecular weight excluding hydrogens is 273 g/mol. The minimum Gasteiger partial charge on any atom is -0.453 e. The van der Waals surface area contributed by atoms with Gasteiger partial charge in [0.15, 0.2) is 0 Å². The largest absolute Gasteiger partial charge is 0.453 e. The number of hydrogen-bond acceptors (Lipinski definition) is 4. The summed E-state index contributed by atoms with van der Waals surface area (Å²) >= 11 is 0. The third-order valence-electron chi connectivity index (χ3n) is 3.09. The Morgan fingerprint density at radius 2 is 2.10 bits per heavy atom. The van der Waals surface area contributed by atoms with Gasteiger partial charge in [-0.15, -0.1) is 0 Å². The maximum Gasteiger partial charge on any atom is 0.409 e. The second-order valence-electron chi connectivity index (χ2n) is 5.80. The van der Waals surface area contributed by atoms with Gasteiger partial charge in [0.25, 0.3) is 0 Å². The molecule has 0 aliphatic heterocycles. The Morgan fingerprint density at radius 3 is 2.62 bits per heavy atom. The molecular formula is C15H24FN3O2. The second-order valence-corrected chi connectivity index (χ2v) is 5.80. The van der Waals surface area contributed by atoms with Gasteiger partial charge >= 0.3 is 6.09 Å². The topological polar surface area (TPSA) is 67.6 Å². The SMILES string of the molecule is COC(=O)N(CCCNc1ccc(F)cc1N)C(C)(C)C. The molecule has 0 atom stereocenters. The van der Waals surface area contributed by atoms with Gasteiger partial charge in [0.2, 0.25) is 0 Å². The van der Waals surface area contributed by atoms with Crippen LogP contribution >= 0.6 is 0 Å². The summed E-state index contributed by atoms with van der Waals surface area (Å²) < 4.78 is 17.7. The monoisotopic (exact) mass is 297 g/mol. The Morgan fingerprint density at radius 1 is 1.43 bits per heavy atom. The Hall–Kier alpha value is -1.98. The lowest BCUT2D eigenvalue weighted by Gasteiger charge is -2.34. The van der Waals surface area contributed by atoms with Crippen molar-refractivity contribution >= 4 is 17.5 Å². The first-order valence-corrected chi connectivity index (χ1v) is 6.90. The first kappa shape index (κ1) is 17.1. The van der Waals surface area contributed by atoms with Crippen LogP contribution in [0.5, 0.6) is 0 Å². The van der Waals surface area contributed by atoms with Crippen LogP contribution in [0.15, 0.2) is 18.2 Å². The molecule has 21 heavy (non-hydrogen) atoms. The predicted octanol–water partition coefficient (Wildman–Crippen LogP) is 3.08. The third-order valence-corrected chi connectivity index (χ3v) is 3.09. The van der Waals surface area contributed by atoms with Crippen molar-refractivity contribution in [1.29, 1.82) is 0 Å². The van der Waals surface area contributed by atoms with Crippen LogP contribution in [0, 0.1) is 5.82 Å². The minimum atomic E-state index is -0.359. The number of methoxy groups -OCH3 is 1. The maximum atomic E-state index is 12.9. The molecule has 1 amide bonds. The molecule has 1 aromatic rings. The van der Waals surface area contributed by atoms with E-state index in [2.05, 4.69) is 5.32 Å². The van der Waals surface area contributed by atoms with E-state index >= 15 is 0 Å². The van der Waals surface area contributed by atoms with Crippen LogP contribution in [0.4, 0.5) is 20.6 Å². The highest BCUT2D eigenvalue weighted by atomic mass is 19.1. The highest BCUT2D eigenvalue weighted by Crippen LogP contribution is 2.19. The van der Waals surface area contributed by atoms with E-state index in [4.69, 9.17) is 10.5 Å². The predicted molar refractivity (Wildman–Crippen MR) is 82.8 cm³/mol. The number of carbonyl (C=O) groups excluding carboxylic acids is 1. The first-order chi connectivity index (χ1) is 9.75. The zero-order valence-electron chi connectivity index (χ0n) is 13.1. The van der Waals surface area contributed by atoms with E-state index in [-0.39, 0.29) is 17.4 Å². The van der Waals surface area contributed by atoms with Crippen molar-refractivity contribution in [1.82, 2.24) is 4.90 Å². The first-order valence-electron chi connectivity index (χ1n) is 6.90. The molecule has 0 heterocycles. The average Bonchev–Trinajstić information content (AvgIpc) is 2.38. The van der Waals surface area contributed by atoms with E-state index in [1.807, 2.05) is 20.8 Å². The fraction of sp³-hybridized carbons (Fsp3) is 0.533. The van der Waals surface area contributed by atoms with Gasteiger partial charge in [-0.3, -0.25) is 0 Å². The van der Waals surface area contributed by atoms with Crippen LogP contribution in [0.1, 0.15) is 27.2 Å². The molecule has 6 heteroatoms. The van der Waals surface area contributed by atoms with Gasteiger partial charge in [0.05, 0.1) is 18.5 Å². The van der Waals surface area contributed by atoms with Gasteiger partial charge in [-0.1, -0.05) is 0 Å². The summed E-state index contributed by atoms with van der Waals surface area (Å²) in [5.41, 5.74) is 6.47. The van der Waals surface area contributed by atoms with Crippen LogP contribution in [0.3, 0.4) is 0 Å². The quantitative estimate of drug-likeness (QED) is 0.647. The molecule has 1 rings (SSSR count). The minimum absolute atomic E-state index is 0.304. The van der Waals surface area contributed by atoms with Crippen LogP contribution in [0.2, 0.25) is 0 Å². The molecule has 0 radical (unpaired) electrons. The number of ether oxygens (including phenoxy) is 1. The lowest BCUT2D eigenvalue weighted by molar-refractivity contribution is 0.0835. The van der Waals surface area contributed by atoms with Crippen molar-refractivity contribution in [2.45, 2.75) is 32.7 Å². The Labute approximate surface area is 125 Å². The molecule has 0 saturated carbocycles. The van der Waals surface area contributed by atoms with Crippen molar-refractivity contribution in [3.05, 3.63) is 24.0 Å². The van der Waals surface area contributed by atoms with Crippen LogP contribution < -0.4 is 11.1 Å². The normalized spacial score (nSPS) is 11.1. The van der Waals surface area contributed by atoms with E-state index in [0.29, 0.717) is 24.5 Å². The molecule has 1 aromatic carbocycles. The summed E-state index contributed by atoms with van der Waals surface area (Å²) in [6.45, 7) is 7.05. The number of benzene rings is 1. The molecule has 0 aromatic heterocycles. The molecule has 0 fully saturated rings. The Bertz CT molecular complexity index is 486. The summed E-state index contributed by atoms with van der Waals surface area (Å²) in [6.07, 6.45) is 0.382. The molecule has 0 bridgehead atoms. The van der Waals surface area contributed by atoms with Crippen molar-refractivity contribution in [3.63, 3.8) is 0 Å². The van der Waals surface area contributed by atoms with Gasteiger partial charge < -0.3 is 20.7 Å². The standard InChI is InChI=1S/C15H24FN3O2/c1-15(2,3)19(14(20)21-4)9-5-8-18-13-7-6-11(16)10-12(13)17/h6-7,10,18H,5,8-9,17H2,1-4H3. The Kier molecular flexibility index (Phi) is 5.81. The van der Waals surface area contributed by atoms with Crippen LogP contribution in [-0.4, -0.2) is 36.7 Å². The molecule has 0 aliphatic carbocycles. The number of nitrogen functional groups attached to an aromatic ring is 1. The van der Waals surface area contributed by atoms with E-state index in [1.54, 1.807) is 11.0 Å². The zero-order valence-corrected chi connectivity index (χ0v) is 13.1. The number of nitrogens with zero attached hydrogens (tertiary/aromatic N) is 1. The van der Waals surface area contributed by atoms with Crippen molar-refractivity contribution in [2.24, 2.45) is 0 Å².